The van der Waals surface area contributed by atoms with E-state index in [9.17, 15) is 0 Å². The Morgan fingerprint density at radius 2 is 2.20 bits per heavy atom. The first-order chi connectivity index (χ1) is 9.61. The van der Waals surface area contributed by atoms with Gasteiger partial charge in [-0.15, -0.1) is 0 Å². The zero-order valence-corrected chi connectivity index (χ0v) is 14.7. The average molecular weight is 331 g/mol. The number of ether oxygens (including phenoxy) is 1. The van der Waals surface area contributed by atoms with Crippen molar-refractivity contribution in [3.8, 4) is 0 Å². The summed E-state index contributed by atoms with van der Waals surface area (Å²) in [4.78, 5) is 8.63. The van der Waals surface area contributed by atoms with Crippen molar-refractivity contribution in [1.29, 1.82) is 0 Å². The smallest absolute Gasteiger partial charge is 0.190 e. The summed E-state index contributed by atoms with van der Waals surface area (Å²) in [5.41, 5.74) is 0.729. The first kappa shape index (κ1) is 15.8. The van der Waals surface area contributed by atoms with Crippen molar-refractivity contribution in [1.82, 2.24) is 19.7 Å². The Balaban J connectivity index is 2.01. The summed E-state index contributed by atoms with van der Waals surface area (Å²) < 4.78 is 7.39. The Hall–Kier alpha value is -0.633. The van der Waals surface area contributed by atoms with Crippen LogP contribution in [0.25, 0.3) is 11.0 Å². The molecule has 20 heavy (non-hydrogen) atoms. The van der Waals surface area contributed by atoms with Gasteiger partial charge in [0, 0.05) is 15.4 Å². The summed E-state index contributed by atoms with van der Waals surface area (Å²) in [5, 5.41) is 6.12. The minimum Gasteiger partial charge on any atom is -0.359 e. The number of halogens is 1. The van der Waals surface area contributed by atoms with E-state index in [2.05, 4.69) is 28.2 Å². The monoisotopic (exact) mass is 330 g/mol. The molecule has 0 aliphatic carbocycles. The molecule has 5 nitrogen and oxygen atoms in total. The Morgan fingerprint density at radius 1 is 1.40 bits per heavy atom. The Bertz CT molecular complexity index is 578. The summed E-state index contributed by atoms with van der Waals surface area (Å²) >= 11 is 7.58. The molecular weight excluding hydrogens is 312 g/mol. The molecule has 0 saturated heterocycles. The van der Waals surface area contributed by atoms with E-state index in [-0.39, 0.29) is 0 Å². The number of thioether (sulfide) groups is 1. The number of nitrogens with zero attached hydrogens (tertiary/aromatic N) is 4. The standard InChI is InChI=1S/C12H19ClN4OSSi/c1-19-12-15-10(13)9-7-14-17(11(9)16-12)8-18-5-4-6-20(2)3/h7,20H,4-6,8H2,1-3H3. The zero-order chi connectivity index (χ0) is 14.5. The fraction of sp³-hybridized carbons (Fsp3) is 0.583. The van der Waals surface area contributed by atoms with Crippen LogP contribution >= 0.6 is 23.4 Å². The summed E-state index contributed by atoms with van der Waals surface area (Å²) in [6.45, 7) is 5.87. The third-order valence-corrected chi connectivity index (χ3v) is 5.29. The number of hydrogen-bond donors (Lipinski definition) is 0. The van der Waals surface area contributed by atoms with Crippen LogP contribution in [0.15, 0.2) is 11.4 Å². The van der Waals surface area contributed by atoms with Gasteiger partial charge in [0.1, 0.15) is 11.9 Å². The predicted molar refractivity (Wildman–Crippen MR) is 86.4 cm³/mol. The fourth-order valence-electron chi connectivity index (χ4n) is 1.83. The van der Waals surface area contributed by atoms with Gasteiger partial charge < -0.3 is 4.74 Å². The van der Waals surface area contributed by atoms with E-state index >= 15 is 0 Å². The third-order valence-electron chi connectivity index (χ3n) is 2.90. The summed E-state index contributed by atoms with van der Waals surface area (Å²) in [5.74, 6) is 0. The van der Waals surface area contributed by atoms with Crippen molar-refractivity contribution < 1.29 is 4.74 Å². The van der Waals surface area contributed by atoms with Crippen LogP contribution in [0.4, 0.5) is 0 Å². The molecule has 0 atom stereocenters. The van der Waals surface area contributed by atoms with Gasteiger partial charge in [0.2, 0.25) is 0 Å². The number of hydrogen-bond acceptors (Lipinski definition) is 5. The van der Waals surface area contributed by atoms with Crippen molar-refractivity contribution in [2.45, 2.75) is 37.4 Å². The first-order valence-electron chi connectivity index (χ1n) is 6.62. The van der Waals surface area contributed by atoms with Gasteiger partial charge in [-0.05, 0) is 12.7 Å². The minimum absolute atomic E-state index is 0.407. The van der Waals surface area contributed by atoms with E-state index in [4.69, 9.17) is 16.3 Å². The molecule has 2 aromatic rings. The van der Waals surface area contributed by atoms with Crippen LogP contribution in [0, 0.1) is 0 Å². The molecule has 0 radical (unpaired) electrons. The topological polar surface area (TPSA) is 52.8 Å². The highest BCUT2D eigenvalue weighted by molar-refractivity contribution is 7.98. The van der Waals surface area contributed by atoms with Crippen LogP contribution in [-0.2, 0) is 11.5 Å². The molecule has 0 amide bonds. The molecule has 2 aromatic heterocycles. The molecule has 0 saturated carbocycles. The van der Waals surface area contributed by atoms with Crippen molar-refractivity contribution in [3.05, 3.63) is 11.3 Å². The van der Waals surface area contributed by atoms with Crippen molar-refractivity contribution >= 4 is 43.2 Å². The molecular formula is C12H19ClN4OSSi. The largest absolute Gasteiger partial charge is 0.359 e. The lowest BCUT2D eigenvalue weighted by Gasteiger charge is -2.06. The van der Waals surface area contributed by atoms with Gasteiger partial charge >= 0.3 is 0 Å². The van der Waals surface area contributed by atoms with Gasteiger partial charge in [0.15, 0.2) is 10.8 Å². The fourth-order valence-corrected chi connectivity index (χ4v) is 3.44. The zero-order valence-electron chi connectivity index (χ0n) is 12.0. The highest BCUT2D eigenvalue weighted by Gasteiger charge is 2.11. The molecule has 8 heteroatoms. The molecule has 0 spiro atoms. The van der Waals surface area contributed by atoms with Crippen molar-refractivity contribution in [2.75, 3.05) is 12.9 Å². The molecule has 0 aromatic carbocycles. The van der Waals surface area contributed by atoms with Crippen LogP contribution in [-0.4, -0.2) is 41.4 Å². The average Bonchev–Trinajstić information content (AvgIpc) is 2.81. The number of rotatable bonds is 7. The number of aromatic nitrogens is 4. The Morgan fingerprint density at radius 3 is 2.90 bits per heavy atom. The molecule has 0 fully saturated rings. The van der Waals surface area contributed by atoms with Crippen LogP contribution in [0.3, 0.4) is 0 Å². The lowest BCUT2D eigenvalue weighted by molar-refractivity contribution is 0.0718. The maximum Gasteiger partial charge on any atom is 0.190 e. The molecule has 0 N–H and O–H groups in total. The lowest BCUT2D eigenvalue weighted by Crippen LogP contribution is -2.08. The van der Waals surface area contributed by atoms with Crippen LogP contribution < -0.4 is 0 Å². The second-order valence-electron chi connectivity index (χ2n) is 4.96. The van der Waals surface area contributed by atoms with Gasteiger partial charge in [0.25, 0.3) is 0 Å². The maximum absolute atomic E-state index is 6.12. The van der Waals surface area contributed by atoms with E-state index in [0.717, 1.165) is 24.1 Å². The molecule has 0 aliphatic heterocycles. The molecule has 0 bridgehead atoms. The SMILES string of the molecule is CSc1nc(Cl)c2cnn(COCCC[SiH](C)C)c2n1. The van der Waals surface area contributed by atoms with E-state index in [1.54, 1.807) is 10.9 Å². The van der Waals surface area contributed by atoms with Gasteiger partial charge in [-0.25, -0.2) is 14.6 Å². The van der Waals surface area contributed by atoms with E-state index in [1.165, 1.54) is 17.8 Å². The summed E-state index contributed by atoms with van der Waals surface area (Å²) in [7, 11) is -0.476. The normalized spacial score (nSPS) is 11.7. The van der Waals surface area contributed by atoms with Crippen LogP contribution in [0.1, 0.15) is 6.42 Å². The van der Waals surface area contributed by atoms with Gasteiger partial charge in [-0.1, -0.05) is 42.5 Å². The highest BCUT2D eigenvalue weighted by atomic mass is 35.5. The van der Waals surface area contributed by atoms with Crippen LogP contribution in [0.5, 0.6) is 0 Å². The Labute approximate surface area is 129 Å². The predicted octanol–water partition coefficient (Wildman–Crippen LogP) is 3.05. The molecule has 2 heterocycles. The molecule has 0 aliphatic rings. The molecule has 0 unspecified atom stereocenters. The van der Waals surface area contributed by atoms with Gasteiger partial charge in [0.05, 0.1) is 11.6 Å². The minimum atomic E-state index is -0.476. The van der Waals surface area contributed by atoms with Crippen LogP contribution in [0.2, 0.25) is 24.3 Å². The summed E-state index contributed by atoms with van der Waals surface area (Å²) in [6.07, 6.45) is 4.73. The van der Waals surface area contributed by atoms with Crippen molar-refractivity contribution in [3.63, 3.8) is 0 Å². The quantitative estimate of drug-likeness (QED) is 0.257. The summed E-state index contributed by atoms with van der Waals surface area (Å²) in [6, 6.07) is 1.31. The lowest BCUT2D eigenvalue weighted by atomic mass is 10.4. The van der Waals surface area contributed by atoms with E-state index in [0.29, 0.717) is 17.0 Å². The van der Waals surface area contributed by atoms with Crippen molar-refractivity contribution in [2.24, 2.45) is 0 Å². The van der Waals surface area contributed by atoms with E-state index in [1.807, 2.05) is 6.26 Å². The molecule has 110 valence electrons. The van der Waals surface area contributed by atoms with Gasteiger partial charge in [-0.2, -0.15) is 5.10 Å². The highest BCUT2D eigenvalue weighted by Crippen LogP contribution is 2.22. The second kappa shape index (κ2) is 7.40. The number of fused-ring (bicyclic) bond motifs is 1. The van der Waals surface area contributed by atoms with Gasteiger partial charge in [-0.3, -0.25) is 0 Å². The third kappa shape index (κ3) is 3.94. The first-order valence-corrected chi connectivity index (χ1v) is 11.4. The van der Waals surface area contributed by atoms with E-state index < -0.39 is 8.80 Å². The molecule has 2 rings (SSSR count). The Kier molecular flexibility index (Phi) is 5.82. The maximum atomic E-state index is 6.12. The second-order valence-corrected chi connectivity index (χ2v) is 9.45.